The Balaban J connectivity index is 1.87. The van der Waals surface area contributed by atoms with Crippen LogP contribution in [0, 0.1) is 5.92 Å². The van der Waals surface area contributed by atoms with E-state index in [9.17, 15) is 9.59 Å². The van der Waals surface area contributed by atoms with E-state index >= 15 is 0 Å². The lowest BCUT2D eigenvalue weighted by Gasteiger charge is -2.39. The number of nitrogens with zero attached hydrogens (tertiary/aromatic N) is 1. The number of halogens is 1. The van der Waals surface area contributed by atoms with Crippen LogP contribution in [0.4, 0.5) is 10.5 Å². The third-order valence-electron chi connectivity index (χ3n) is 3.83. The first-order valence-corrected chi connectivity index (χ1v) is 8.70. The van der Waals surface area contributed by atoms with Crippen molar-refractivity contribution < 1.29 is 23.8 Å². The van der Waals surface area contributed by atoms with Crippen LogP contribution in [-0.4, -0.2) is 49.8 Å². The number of carbonyl (C=O) groups is 2. The zero-order chi connectivity index (χ0) is 19.5. The van der Waals surface area contributed by atoms with Crippen LogP contribution in [0.1, 0.15) is 27.2 Å². The number of methoxy groups -OCH3 is 2. The first kappa shape index (κ1) is 20.2. The molecule has 8 heteroatoms. The summed E-state index contributed by atoms with van der Waals surface area (Å²) in [6, 6.07) is 3.20. The van der Waals surface area contributed by atoms with Crippen molar-refractivity contribution in [3.8, 4) is 11.5 Å². The summed E-state index contributed by atoms with van der Waals surface area (Å²) >= 11 is 6.10. The van der Waals surface area contributed by atoms with Crippen molar-refractivity contribution in [2.24, 2.45) is 5.92 Å². The summed E-state index contributed by atoms with van der Waals surface area (Å²) in [5.41, 5.74) is -0.0457. The number of nitrogens with one attached hydrogen (secondary N) is 1. The fourth-order valence-corrected chi connectivity index (χ4v) is 2.84. The van der Waals surface area contributed by atoms with E-state index < -0.39 is 5.60 Å². The summed E-state index contributed by atoms with van der Waals surface area (Å²) in [5, 5.41) is 3.17. The highest BCUT2D eigenvalue weighted by molar-refractivity contribution is 6.32. The van der Waals surface area contributed by atoms with Crippen LogP contribution >= 0.6 is 11.6 Å². The standard InChI is InChI=1S/C18H25ClN2O5/c1-18(2,3)26-17(23)21-9-11(10-21)6-16(22)20-13-7-12(19)14(24-4)8-15(13)25-5/h7-8,11H,6,9-10H2,1-5H3,(H,20,22). The van der Waals surface area contributed by atoms with E-state index in [0.717, 1.165) is 0 Å². The molecule has 0 atom stereocenters. The summed E-state index contributed by atoms with van der Waals surface area (Å²) in [7, 11) is 3.01. The van der Waals surface area contributed by atoms with Crippen molar-refractivity contribution >= 4 is 29.3 Å². The van der Waals surface area contributed by atoms with Crippen LogP contribution in [0.25, 0.3) is 0 Å². The SMILES string of the molecule is COc1cc(OC)c(NC(=O)CC2CN(C(=O)OC(C)(C)C)C2)cc1Cl. The van der Waals surface area contributed by atoms with Crippen molar-refractivity contribution in [1.29, 1.82) is 0 Å². The van der Waals surface area contributed by atoms with E-state index in [0.29, 0.717) is 41.7 Å². The van der Waals surface area contributed by atoms with E-state index in [1.807, 2.05) is 20.8 Å². The number of hydrogen-bond donors (Lipinski definition) is 1. The molecule has 0 bridgehead atoms. The molecule has 0 saturated carbocycles. The van der Waals surface area contributed by atoms with Crippen molar-refractivity contribution in [3.05, 3.63) is 17.2 Å². The molecule has 1 aliphatic rings. The summed E-state index contributed by atoms with van der Waals surface area (Å²) in [6.07, 6.45) is -0.0516. The molecule has 7 nitrogen and oxygen atoms in total. The van der Waals surface area contributed by atoms with E-state index in [1.54, 1.807) is 17.0 Å². The van der Waals surface area contributed by atoms with E-state index in [-0.39, 0.29) is 17.9 Å². The Morgan fingerprint density at radius 2 is 1.81 bits per heavy atom. The minimum Gasteiger partial charge on any atom is -0.495 e. The Bertz CT molecular complexity index is 681. The van der Waals surface area contributed by atoms with Gasteiger partial charge in [0.05, 0.1) is 24.9 Å². The van der Waals surface area contributed by atoms with Gasteiger partial charge in [-0.05, 0) is 26.8 Å². The third-order valence-corrected chi connectivity index (χ3v) is 4.13. The quantitative estimate of drug-likeness (QED) is 0.839. The third kappa shape index (κ3) is 5.17. The van der Waals surface area contributed by atoms with Crippen LogP contribution in [0.2, 0.25) is 5.02 Å². The van der Waals surface area contributed by atoms with E-state index in [1.165, 1.54) is 14.2 Å². The zero-order valence-electron chi connectivity index (χ0n) is 15.7. The largest absolute Gasteiger partial charge is 0.495 e. The molecule has 2 amide bonds. The number of anilines is 1. The van der Waals surface area contributed by atoms with Crippen LogP contribution in [0.15, 0.2) is 12.1 Å². The molecule has 144 valence electrons. The van der Waals surface area contributed by atoms with Crippen molar-refractivity contribution in [1.82, 2.24) is 4.90 Å². The predicted molar refractivity (Wildman–Crippen MR) is 99.1 cm³/mol. The number of likely N-dealkylation sites (tertiary alicyclic amines) is 1. The van der Waals surface area contributed by atoms with E-state index in [4.69, 9.17) is 25.8 Å². The van der Waals surface area contributed by atoms with Gasteiger partial charge in [0, 0.05) is 31.5 Å². The molecule has 1 aliphatic heterocycles. The first-order valence-electron chi connectivity index (χ1n) is 8.32. The molecule has 1 N–H and O–H groups in total. The maximum absolute atomic E-state index is 12.3. The molecule has 26 heavy (non-hydrogen) atoms. The maximum Gasteiger partial charge on any atom is 0.410 e. The molecular formula is C18H25ClN2O5. The van der Waals surface area contributed by atoms with Crippen molar-refractivity contribution in [3.63, 3.8) is 0 Å². The first-order chi connectivity index (χ1) is 12.1. The number of rotatable bonds is 5. The minimum absolute atomic E-state index is 0.0993. The topological polar surface area (TPSA) is 77.1 Å². The zero-order valence-corrected chi connectivity index (χ0v) is 16.5. The Hall–Kier alpha value is -2.15. The molecule has 0 spiro atoms. The molecule has 0 unspecified atom stereocenters. The number of ether oxygens (including phenoxy) is 3. The molecule has 1 fully saturated rings. The van der Waals surface area contributed by atoms with Gasteiger partial charge in [-0.1, -0.05) is 11.6 Å². The van der Waals surface area contributed by atoms with Gasteiger partial charge in [-0.25, -0.2) is 4.79 Å². The summed E-state index contributed by atoms with van der Waals surface area (Å²) in [5.74, 6) is 0.859. The van der Waals surface area contributed by atoms with Crippen LogP contribution in [0.5, 0.6) is 11.5 Å². The number of benzene rings is 1. The summed E-state index contributed by atoms with van der Waals surface area (Å²) in [6.45, 7) is 6.47. The second-order valence-electron chi connectivity index (χ2n) is 7.19. The lowest BCUT2D eigenvalue weighted by Crippen LogP contribution is -2.52. The molecule has 0 aromatic heterocycles. The average Bonchev–Trinajstić information content (AvgIpc) is 2.48. The Morgan fingerprint density at radius 3 is 2.35 bits per heavy atom. The van der Waals surface area contributed by atoms with Gasteiger partial charge in [-0.15, -0.1) is 0 Å². The van der Waals surface area contributed by atoms with Gasteiger partial charge in [0.25, 0.3) is 0 Å². The van der Waals surface area contributed by atoms with Gasteiger partial charge >= 0.3 is 6.09 Å². The van der Waals surface area contributed by atoms with Gasteiger partial charge in [-0.2, -0.15) is 0 Å². The van der Waals surface area contributed by atoms with Gasteiger partial charge in [0.1, 0.15) is 17.1 Å². The van der Waals surface area contributed by atoms with Gasteiger partial charge in [-0.3, -0.25) is 4.79 Å². The maximum atomic E-state index is 12.3. The predicted octanol–water partition coefficient (Wildman–Crippen LogP) is 3.55. The fraction of sp³-hybridized carbons (Fsp3) is 0.556. The highest BCUT2D eigenvalue weighted by Gasteiger charge is 2.34. The number of amides is 2. The lowest BCUT2D eigenvalue weighted by molar-refractivity contribution is -0.118. The Kier molecular flexibility index (Phi) is 6.23. The molecular weight excluding hydrogens is 360 g/mol. The average molecular weight is 385 g/mol. The molecule has 0 aliphatic carbocycles. The van der Waals surface area contributed by atoms with Crippen molar-refractivity contribution in [2.45, 2.75) is 32.8 Å². The Morgan fingerprint density at radius 1 is 1.19 bits per heavy atom. The van der Waals surface area contributed by atoms with Crippen LogP contribution in [0.3, 0.4) is 0 Å². The summed E-state index contributed by atoms with van der Waals surface area (Å²) < 4.78 is 15.7. The molecule has 1 aromatic carbocycles. The lowest BCUT2D eigenvalue weighted by atomic mass is 9.96. The Labute approximate surface area is 158 Å². The van der Waals surface area contributed by atoms with Crippen LogP contribution in [-0.2, 0) is 9.53 Å². The number of carbonyl (C=O) groups excluding carboxylic acids is 2. The van der Waals surface area contributed by atoms with Crippen molar-refractivity contribution in [2.75, 3.05) is 32.6 Å². The molecule has 1 heterocycles. The van der Waals surface area contributed by atoms with Gasteiger partial charge < -0.3 is 24.4 Å². The molecule has 1 aromatic rings. The fourth-order valence-electron chi connectivity index (χ4n) is 2.60. The van der Waals surface area contributed by atoms with Gasteiger partial charge in [0.15, 0.2) is 0 Å². The summed E-state index contributed by atoms with van der Waals surface area (Å²) in [4.78, 5) is 25.8. The molecule has 2 rings (SSSR count). The van der Waals surface area contributed by atoms with Crippen LogP contribution < -0.4 is 14.8 Å². The monoisotopic (exact) mass is 384 g/mol. The minimum atomic E-state index is -0.524. The molecule has 0 radical (unpaired) electrons. The number of hydrogen-bond acceptors (Lipinski definition) is 5. The second-order valence-corrected chi connectivity index (χ2v) is 7.60. The van der Waals surface area contributed by atoms with E-state index in [2.05, 4.69) is 5.32 Å². The second kappa shape index (κ2) is 8.03. The smallest absolute Gasteiger partial charge is 0.410 e. The van der Waals surface area contributed by atoms with Gasteiger partial charge in [0.2, 0.25) is 5.91 Å². The highest BCUT2D eigenvalue weighted by atomic mass is 35.5. The highest BCUT2D eigenvalue weighted by Crippen LogP contribution is 2.36. The molecule has 1 saturated heterocycles. The normalized spacial score (nSPS) is 14.5.